The van der Waals surface area contributed by atoms with Crippen molar-refractivity contribution in [2.75, 3.05) is 0 Å². The molecule has 0 N–H and O–H groups in total. The van der Waals surface area contributed by atoms with Crippen LogP contribution in [0, 0.1) is 5.92 Å². The molecule has 0 fully saturated rings. The highest BCUT2D eigenvalue weighted by Crippen LogP contribution is 2.05. The molecule has 8 heavy (non-hydrogen) atoms. The van der Waals surface area contributed by atoms with Gasteiger partial charge in [0.15, 0.2) is 0 Å². The van der Waals surface area contributed by atoms with Gasteiger partial charge in [0.25, 0.3) is 0 Å². The topological polar surface area (TPSA) is 17.1 Å². The van der Waals surface area contributed by atoms with Crippen LogP contribution in [0.5, 0.6) is 0 Å². The first kappa shape index (κ1) is 7.67. The van der Waals surface area contributed by atoms with Gasteiger partial charge in [0, 0.05) is 5.92 Å². The van der Waals surface area contributed by atoms with E-state index >= 15 is 0 Å². The summed E-state index contributed by atoms with van der Waals surface area (Å²) >= 11 is 0. The highest BCUT2D eigenvalue weighted by molar-refractivity contribution is 5.54. The van der Waals surface area contributed by atoms with Gasteiger partial charge < -0.3 is 0 Å². The summed E-state index contributed by atoms with van der Waals surface area (Å²) in [5.74, 6) is 0.194. The van der Waals surface area contributed by atoms with Gasteiger partial charge in [-0.1, -0.05) is 20.3 Å². The second-order valence-electron chi connectivity index (χ2n) is 2.01. The number of rotatable bonds is 4. The van der Waals surface area contributed by atoms with E-state index in [4.69, 9.17) is 0 Å². The Morgan fingerprint density at radius 2 is 2.12 bits per heavy atom. The van der Waals surface area contributed by atoms with Crippen LogP contribution in [0.25, 0.3) is 0 Å². The van der Waals surface area contributed by atoms with Gasteiger partial charge in [-0.2, -0.15) is 0 Å². The number of carbonyl (C=O) groups excluding carboxylic acids is 1. The Morgan fingerprint density at radius 1 is 1.50 bits per heavy atom. The zero-order valence-corrected chi connectivity index (χ0v) is 5.61. The molecule has 0 aromatic heterocycles. The largest absolute Gasteiger partial charge is 0.291 e. The van der Waals surface area contributed by atoms with E-state index in [-0.39, 0.29) is 5.92 Å². The van der Waals surface area contributed by atoms with Crippen LogP contribution in [0.1, 0.15) is 33.1 Å². The summed E-state index contributed by atoms with van der Waals surface area (Å²) in [6, 6.07) is 0. The lowest BCUT2D eigenvalue weighted by Gasteiger charge is -2.00. The van der Waals surface area contributed by atoms with Gasteiger partial charge in [-0.3, -0.25) is 4.79 Å². The Bertz CT molecular complexity index is 59.4. The van der Waals surface area contributed by atoms with Crippen molar-refractivity contribution in [2.45, 2.75) is 33.1 Å². The zero-order chi connectivity index (χ0) is 6.41. The molecule has 1 unspecified atom stereocenters. The molecule has 47 valence electrons. The average Bonchev–Trinajstić information content (AvgIpc) is 1.83. The SMILES string of the molecule is CCCC([C]=O)CC. The molecule has 0 aromatic rings. The van der Waals surface area contributed by atoms with E-state index in [2.05, 4.69) is 6.92 Å². The monoisotopic (exact) mass is 113 g/mol. The number of hydrogen-bond donors (Lipinski definition) is 0. The summed E-state index contributed by atoms with van der Waals surface area (Å²) in [4.78, 5) is 10.0. The van der Waals surface area contributed by atoms with Crippen molar-refractivity contribution < 1.29 is 4.79 Å². The smallest absolute Gasteiger partial charge is 0.201 e. The molecule has 0 rings (SSSR count). The van der Waals surface area contributed by atoms with E-state index < -0.39 is 0 Å². The van der Waals surface area contributed by atoms with Gasteiger partial charge in [-0.15, -0.1) is 0 Å². The van der Waals surface area contributed by atoms with Crippen LogP contribution < -0.4 is 0 Å². The van der Waals surface area contributed by atoms with E-state index in [1.165, 1.54) is 0 Å². The molecule has 0 bridgehead atoms. The van der Waals surface area contributed by atoms with Crippen molar-refractivity contribution >= 4 is 6.29 Å². The molecule has 0 heterocycles. The molecule has 0 saturated heterocycles. The van der Waals surface area contributed by atoms with E-state index in [1.807, 2.05) is 13.2 Å². The molecule has 0 spiro atoms. The molecule has 0 aliphatic carbocycles. The molecule has 0 saturated carbocycles. The van der Waals surface area contributed by atoms with Crippen molar-refractivity contribution in [3.8, 4) is 0 Å². The van der Waals surface area contributed by atoms with Gasteiger partial charge in [0.1, 0.15) is 0 Å². The van der Waals surface area contributed by atoms with E-state index in [9.17, 15) is 4.79 Å². The van der Waals surface area contributed by atoms with Gasteiger partial charge in [0.2, 0.25) is 6.29 Å². The maximum absolute atomic E-state index is 10.0. The fourth-order valence-corrected chi connectivity index (χ4v) is 0.695. The van der Waals surface area contributed by atoms with Crippen molar-refractivity contribution in [3.63, 3.8) is 0 Å². The van der Waals surface area contributed by atoms with Gasteiger partial charge in [0.05, 0.1) is 0 Å². The van der Waals surface area contributed by atoms with Crippen molar-refractivity contribution in [1.82, 2.24) is 0 Å². The Hall–Kier alpha value is -0.330. The van der Waals surface area contributed by atoms with Crippen LogP contribution in [0.3, 0.4) is 0 Å². The lowest BCUT2D eigenvalue weighted by atomic mass is 10.0. The van der Waals surface area contributed by atoms with E-state index in [0.29, 0.717) is 0 Å². The van der Waals surface area contributed by atoms with Gasteiger partial charge in [-0.25, -0.2) is 0 Å². The van der Waals surface area contributed by atoms with Gasteiger partial charge >= 0.3 is 0 Å². The molecule has 0 aromatic carbocycles. The van der Waals surface area contributed by atoms with Crippen LogP contribution in [-0.4, -0.2) is 6.29 Å². The predicted molar refractivity (Wildman–Crippen MR) is 34.4 cm³/mol. The van der Waals surface area contributed by atoms with Crippen molar-refractivity contribution in [1.29, 1.82) is 0 Å². The minimum atomic E-state index is 0.194. The molecule has 1 atom stereocenters. The summed E-state index contributed by atoms with van der Waals surface area (Å²) in [5.41, 5.74) is 0. The molecule has 1 heteroatoms. The number of hydrogen-bond acceptors (Lipinski definition) is 1. The second-order valence-corrected chi connectivity index (χ2v) is 2.01. The Morgan fingerprint density at radius 3 is 2.25 bits per heavy atom. The normalized spacial score (nSPS) is 13.2. The Kier molecular flexibility index (Phi) is 4.62. The third-order valence-electron chi connectivity index (χ3n) is 1.30. The summed E-state index contributed by atoms with van der Waals surface area (Å²) in [6.07, 6.45) is 5.04. The Balaban J connectivity index is 3.21. The van der Waals surface area contributed by atoms with Crippen molar-refractivity contribution in [3.05, 3.63) is 0 Å². The molecule has 0 amide bonds. The van der Waals surface area contributed by atoms with Crippen LogP contribution in [0.4, 0.5) is 0 Å². The maximum atomic E-state index is 10.0. The molecular weight excluding hydrogens is 100 g/mol. The van der Waals surface area contributed by atoms with E-state index in [0.717, 1.165) is 19.3 Å². The first-order chi connectivity index (χ1) is 3.85. The predicted octanol–water partition coefficient (Wildman–Crippen LogP) is 1.92. The molecule has 0 aliphatic rings. The maximum Gasteiger partial charge on any atom is 0.201 e. The summed E-state index contributed by atoms with van der Waals surface area (Å²) in [6.45, 7) is 4.10. The standard InChI is InChI=1S/C7H13O/c1-3-5-7(4-2)6-8/h7H,3-5H2,1-2H3. The van der Waals surface area contributed by atoms with Crippen LogP contribution in [0.2, 0.25) is 0 Å². The van der Waals surface area contributed by atoms with Gasteiger partial charge in [-0.05, 0) is 12.8 Å². The average molecular weight is 113 g/mol. The summed E-state index contributed by atoms with van der Waals surface area (Å²) < 4.78 is 0. The lowest BCUT2D eigenvalue weighted by Crippen LogP contribution is -1.97. The molecular formula is C7H13O. The molecule has 0 aliphatic heterocycles. The minimum Gasteiger partial charge on any atom is -0.291 e. The second kappa shape index (κ2) is 4.82. The van der Waals surface area contributed by atoms with Crippen LogP contribution in [-0.2, 0) is 4.79 Å². The quantitative estimate of drug-likeness (QED) is 0.544. The third kappa shape index (κ3) is 2.78. The van der Waals surface area contributed by atoms with Crippen molar-refractivity contribution in [2.24, 2.45) is 5.92 Å². The summed E-state index contributed by atoms with van der Waals surface area (Å²) in [7, 11) is 0. The Labute approximate surface area is 51.1 Å². The third-order valence-corrected chi connectivity index (χ3v) is 1.30. The highest BCUT2D eigenvalue weighted by atomic mass is 16.1. The lowest BCUT2D eigenvalue weighted by molar-refractivity contribution is 0.497. The van der Waals surface area contributed by atoms with Crippen LogP contribution >= 0.6 is 0 Å². The first-order valence-electron chi connectivity index (χ1n) is 3.22. The first-order valence-corrected chi connectivity index (χ1v) is 3.22. The fourth-order valence-electron chi connectivity index (χ4n) is 0.695. The highest BCUT2D eigenvalue weighted by Gasteiger charge is 2.01. The fraction of sp³-hybridized carbons (Fsp3) is 0.857. The zero-order valence-electron chi connectivity index (χ0n) is 5.61. The minimum absolute atomic E-state index is 0.194. The van der Waals surface area contributed by atoms with E-state index in [1.54, 1.807) is 0 Å². The summed E-state index contributed by atoms with van der Waals surface area (Å²) in [5, 5.41) is 0. The molecule has 1 radical (unpaired) electrons. The van der Waals surface area contributed by atoms with Crippen LogP contribution in [0.15, 0.2) is 0 Å². The molecule has 1 nitrogen and oxygen atoms in total.